The van der Waals surface area contributed by atoms with Crippen molar-refractivity contribution in [3.8, 4) is 0 Å². The lowest BCUT2D eigenvalue weighted by Crippen LogP contribution is -2.64. The standard InChI is InChI=1S/C23H39NO7/c1-12(2)18-16(27)9-13(3)23(18)7-5-15(6-8-23)11-30-22-19(24-14(4)26)21(29)20(28)17(10-25)31-22/h5,12-13,16-22,25,27-29H,6-11H2,1-4H3,(H,24,26)/t13-,16+,17-,18+,19-,20-,21-,22+,23-/m1/s1. The van der Waals surface area contributed by atoms with Crippen LogP contribution in [0.5, 0.6) is 0 Å². The van der Waals surface area contributed by atoms with E-state index in [-0.39, 0.29) is 30.0 Å². The number of amides is 1. The van der Waals surface area contributed by atoms with E-state index >= 15 is 0 Å². The smallest absolute Gasteiger partial charge is 0.217 e. The van der Waals surface area contributed by atoms with Crippen molar-refractivity contribution >= 4 is 5.91 Å². The van der Waals surface area contributed by atoms with Gasteiger partial charge in [-0.3, -0.25) is 4.79 Å². The van der Waals surface area contributed by atoms with Gasteiger partial charge in [0.25, 0.3) is 0 Å². The van der Waals surface area contributed by atoms with E-state index in [9.17, 15) is 25.2 Å². The topological polar surface area (TPSA) is 128 Å². The van der Waals surface area contributed by atoms with Crippen LogP contribution >= 0.6 is 0 Å². The van der Waals surface area contributed by atoms with Crippen LogP contribution in [0, 0.1) is 23.2 Å². The molecule has 3 rings (SSSR count). The Kier molecular flexibility index (Phi) is 7.82. The number of carbonyl (C=O) groups excluding carboxylic acids is 1. The van der Waals surface area contributed by atoms with Crippen LogP contribution in [0.4, 0.5) is 0 Å². The zero-order valence-corrected chi connectivity index (χ0v) is 19.0. The molecule has 0 bridgehead atoms. The van der Waals surface area contributed by atoms with Crippen LogP contribution < -0.4 is 5.32 Å². The first-order chi connectivity index (χ1) is 14.6. The number of ether oxygens (including phenoxy) is 2. The van der Waals surface area contributed by atoms with Gasteiger partial charge in [-0.1, -0.05) is 26.8 Å². The fourth-order valence-corrected chi connectivity index (χ4v) is 6.18. The normalized spacial score (nSPS) is 43.3. The summed E-state index contributed by atoms with van der Waals surface area (Å²) in [4.78, 5) is 11.6. The predicted octanol–water partition coefficient (Wildman–Crippen LogP) is 0.716. The highest BCUT2D eigenvalue weighted by Crippen LogP contribution is 2.57. The Morgan fingerprint density at radius 1 is 1.32 bits per heavy atom. The molecule has 31 heavy (non-hydrogen) atoms. The minimum absolute atomic E-state index is 0.111. The molecule has 8 nitrogen and oxygen atoms in total. The van der Waals surface area contributed by atoms with Crippen molar-refractivity contribution in [2.75, 3.05) is 13.2 Å². The number of hydrogen-bond acceptors (Lipinski definition) is 7. The number of allylic oxidation sites excluding steroid dienone is 1. The van der Waals surface area contributed by atoms with Crippen molar-refractivity contribution in [2.24, 2.45) is 23.2 Å². The first-order valence-corrected chi connectivity index (χ1v) is 11.5. The van der Waals surface area contributed by atoms with Gasteiger partial charge in [-0.25, -0.2) is 0 Å². The molecule has 0 aromatic heterocycles. The third-order valence-corrected chi connectivity index (χ3v) is 7.74. The summed E-state index contributed by atoms with van der Waals surface area (Å²) in [6.45, 7) is 7.76. The largest absolute Gasteiger partial charge is 0.394 e. The van der Waals surface area contributed by atoms with E-state index in [0.29, 0.717) is 11.8 Å². The molecule has 1 spiro atoms. The van der Waals surface area contributed by atoms with E-state index in [2.05, 4.69) is 32.2 Å². The molecule has 1 amide bonds. The van der Waals surface area contributed by atoms with Crippen LogP contribution in [0.25, 0.3) is 0 Å². The van der Waals surface area contributed by atoms with E-state index in [1.807, 2.05) is 0 Å². The molecule has 0 aromatic rings. The second-order valence-electron chi connectivity index (χ2n) is 10.0. The zero-order valence-electron chi connectivity index (χ0n) is 19.0. The van der Waals surface area contributed by atoms with Crippen molar-refractivity contribution in [1.29, 1.82) is 0 Å². The summed E-state index contributed by atoms with van der Waals surface area (Å²) < 4.78 is 11.6. The number of rotatable bonds is 6. The van der Waals surface area contributed by atoms with Crippen LogP contribution in [-0.4, -0.2) is 76.3 Å². The number of aliphatic hydroxyl groups excluding tert-OH is 4. The molecule has 8 heteroatoms. The lowest BCUT2D eigenvalue weighted by molar-refractivity contribution is -0.268. The van der Waals surface area contributed by atoms with E-state index in [1.54, 1.807) is 0 Å². The summed E-state index contributed by atoms with van der Waals surface area (Å²) in [5.41, 5.74) is 1.23. The fraction of sp³-hybridized carbons (Fsp3) is 0.870. The molecule has 1 saturated carbocycles. The van der Waals surface area contributed by atoms with E-state index in [1.165, 1.54) is 6.92 Å². The van der Waals surface area contributed by atoms with E-state index in [0.717, 1.165) is 31.3 Å². The Bertz CT molecular complexity index is 668. The van der Waals surface area contributed by atoms with Gasteiger partial charge < -0.3 is 35.2 Å². The number of aliphatic hydroxyl groups is 4. The van der Waals surface area contributed by atoms with Gasteiger partial charge in [0.15, 0.2) is 6.29 Å². The van der Waals surface area contributed by atoms with Crippen molar-refractivity contribution in [3.05, 3.63) is 11.6 Å². The summed E-state index contributed by atoms with van der Waals surface area (Å²) in [5.74, 6) is 0.794. The van der Waals surface area contributed by atoms with Crippen LogP contribution in [0.3, 0.4) is 0 Å². The minimum atomic E-state index is -1.32. The van der Waals surface area contributed by atoms with Crippen molar-refractivity contribution in [2.45, 2.75) is 90.1 Å². The van der Waals surface area contributed by atoms with E-state index in [4.69, 9.17) is 9.47 Å². The highest BCUT2D eigenvalue weighted by molar-refractivity contribution is 5.73. The second-order valence-corrected chi connectivity index (χ2v) is 10.0. The fourth-order valence-electron chi connectivity index (χ4n) is 6.18. The van der Waals surface area contributed by atoms with Gasteiger partial charge in [0.05, 0.1) is 19.3 Å². The van der Waals surface area contributed by atoms with Crippen molar-refractivity contribution < 1.29 is 34.7 Å². The van der Waals surface area contributed by atoms with E-state index < -0.39 is 37.3 Å². The highest BCUT2D eigenvalue weighted by atomic mass is 16.7. The Balaban J connectivity index is 1.67. The van der Waals surface area contributed by atoms with Gasteiger partial charge in [0.2, 0.25) is 5.91 Å². The SMILES string of the molecule is CC(=O)N[C@H]1[C@@H](OCC2=CC[C@@]3(CC2)[C@H](C)C[C@H](O)[C@@H]3C(C)C)O[C@H](CO)[C@@H](O)[C@@H]1O. The third kappa shape index (κ3) is 4.84. The zero-order chi connectivity index (χ0) is 22.9. The summed E-state index contributed by atoms with van der Waals surface area (Å²) in [6, 6.07) is -0.929. The van der Waals surface area contributed by atoms with Gasteiger partial charge in [0.1, 0.15) is 24.4 Å². The Morgan fingerprint density at radius 3 is 2.58 bits per heavy atom. The molecule has 1 saturated heterocycles. The van der Waals surface area contributed by atoms with Gasteiger partial charge in [-0.15, -0.1) is 0 Å². The van der Waals surface area contributed by atoms with Crippen LogP contribution in [0.2, 0.25) is 0 Å². The van der Waals surface area contributed by atoms with Gasteiger partial charge in [-0.05, 0) is 54.4 Å². The minimum Gasteiger partial charge on any atom is -0.394 e. The van der Waals surface area contributed by atoms with Gasteiger partial charge in [0, 0.05) is 6.92 Å². The first-order valence-electron chi connectivity index (χ1n) is 11.5. The Hall–Kier alpha value is -1.03. The number of hydrogen-bond donors (Lipinski definition) is 5. The van der Waals surface area contributed by atoms with Crippen LogP contribution in [0.1, 0.15) is 53.4 Å². The van der Waals surface area contributed by atoms with Gasteiger partial charge >= 0.3 is 0 Å². The highest BCUT2D eigenvalue weighted by Gasteiger charge is 2.53. The van der Waals surface area contributed by atoms with Crippen molar-refractivity contribution in [3.63, 3.8) is 0 Å². The summed E-state index contributed by atoms with van der Waals surface area (Å²) in [5, 5.41) is 43.2. The monoisotopic (exact) mass is 441 g/mol. The molecule has 0 unspecified atom stereocenters. The number of carbonyl (C=O) groups is 1. The number of nitrogens with one attached hydrogen (secondary N) is 1. The summed E-state index contributed by atoms with van der Waals surface area (Å²) in [7, 11) is 0. The molecular weight excluding hydrogens is 402 g/mol. The predicted molar refractivity (Wildman–Crippen MR) is 114 cm³/mol. The quantitative estimate of drug-likeness (QED) is 0.384. The molecule has 0 aromatic carbocycles. The maximum absolute atomic E-state index is 11.6. The molecular formula is C23H39NO7. The maximum atomic E-state index is 11.6. The van der Waals surface area contributed by atoms with Crippen LogP contribution in [-0.2, 0) is 14.3 Å². The Morgan fingerprint density at radius 2 is 2.03 bits per heavy atom. The van der Waals surface area contributed by atoms with Crippen LogP contribution in [0.15, 0.2) is 11.6 Å². The summed E-state index contributed by atoms with van der Waals surface area (Å²) in [6.07, 6.45) is 0.949. The molecule has 178 valence electrons. The molecule has 5 N–H and O–H groups in total. The second kappa shape index (κ2) is 9.85. The molecule has 2 aliphatic carbocycles. The molecule has 1 aliphatic heterocycles. The molecule has 1 heterocycles. The Labute approximate surface area is 184 Å². The maximum Gasteiger partial charge on any atom is 0.217 e. The van der Waals surface area contributed by atoms with Crippen molar-refractivity contribution in [1.82, 2.24) is 5.32 Å². The molecule has 0 radical (unpaired) electrons. The molecule has 3 aliphatic rings. The lowest BCUT2D eigenvalue weighted by atomic mass is 9.61. The lowest BCUT2D eigenvalue weighted by Gasteiger charge is -2.44. The average molecular weight is 442 g/mol. The molecule has 9 atom stereocenters. The summed E-state index contributed by atoms with van der Waals surface area (Å²) >= 11 is 0. The van der Waals surface area contributed by atoms with Gasteiger partial charge in [-0.2, -0.15) is 0 Å². The average Bonchev–Trinajstić information content (AvgIpc) is 2.95. The third-order valence-electron chi connectivity index (χ3n) is 7.74. The molecule has 2 fully saturated rings. The first kappa shape index (κ1) is 24.6.